The molecule has 2 fully saturated rings. The highest BCUT2D eigenvalue weighted by Gasteiger charge is 2.20. The molecule has 0 spiro atoms. The van der Waals surface area contributed by atoms with Crippen LogP contribution < -0.4 is 15.1 Å². The number of benzene rings is 1. The second-order valence-electron chi connectivity index (χ2n) is 6.52. The number of hydrogen-bond acceptors (Lipinski definition) is 4. The summed E-state index contributed by atoms with van der Waals surface area (Å²) in [7, 11) is 0. The fourth-order valence-corrected chi connectivity index (χ4v) is 4.24. The number of nitrogens with one attached hydrogen (secondary N) is 1. The maximum absolute atomic E-state index is 12.5. The van der Waals surface area contributed by atoms with Crippen molar-refractivity contribution >= 4 is 34.3 Å². The standard InChI is InChI=1S/C19H23N3OS/c23-19(18-6-5-13-24-18)20-16-14-15(21-9-1-2-10-21)7-8-17(16)22-11-3-4-12-22/h5-8,13-14H,1-4,9-12H2,(H,20,23). The number of amides is 1. The lowest BCUT2D eigenvalue weighted by Gasteiger charge is -2.25. The summed E-state index contributed by atoms with van der Waals surface area (Å²) in [5.74, 6) is -0.0102. The molecular weight excluding hydrogens is 318 g/mol. The van der Waals surface area contributed by atoms with E-state index in [0.717, 1.165) is 42.4 Å². The van der Waals surface area contributed by atoms with Gasteiger partial charge in [0.2, 0.25) is 0 Å². The van der Waals surface area contributed by atoms with Gasteiger partial charge in [0.25, 0.3) is 5.91 Å². The van der Waals surface area contributed by atoms with Gasteiger partial charge in [-0.2, -0.15) is 0 Å². The van der Waals surface area contributed by atoms with Crippen LogP contribution in [0.15, 0.2) is 35.7 Å². The van der Waals surface area contributed by atoms with Crippen LogP contribution >= 0.6 is 11.3 Å². The second kappa shape index (κ2) is 6.85. The van der Waals surface area contributed by atoms with Crippen molar-refractivity contribution in [3.8, 4) is 0 Å². The zero-order valence-corrected chi connectivity index (χ0v) is 14.6. The summed E-state index contributed by atoms with van der Waals surface area (Å²) in [6.07, 6.45) is 4.97. The third-order valence-electron chi connectivity index (χ3n) is 4.89. The highest BCUT2D eigenvalue weighted by atomic mass is 32.1. The van der Waals surface area contributed by atoms with Gasteiger partial charge >= 0.3 is 0 Å². The maximum atomic E-state index is 12.5. The Morgan fingerprint density at radius 1 is 0.958 bits per heavy atom. The van der Waals surface area contributed by atoms with Crippen molar-refractivity contribution < 1.29 is 4.79 Å². The lowest BCUT2D eigenvalue weighted by atomic mass is 10.2. The molecule has 24 heavy (non-hydrogen) atoms. The third kappa shape index (κ3) is 3.13. The highest BCUT2D eigenvalue weighted by molar-refractivity contribution is 7.12. The van der Waals surface area contributed by atoms with E-state index in [-0.39, 0.29) is 5.91 Å². The van der Waals surface area contributed by atoms with Crippen molar-refractivity contribution in [1.29, 1.82) is 0 Å². The summed E-state index contributed by atoms with van der Waals surface area (Å²) in [6.45, 7) is 4.37. The fraction of sp³-hybridized carbons (Fsp3) is 0.421. The fourth-order valence-electron chi connectivity index (χ4n) is 3.62. The van der Waals surface area contributed by atoms with Gasteiger partial charge in [0, 0.05) is 31.9 Å². The van der Waals surface area contributed by atoms with E-state index < -0.39 is 0 Å². The smallest absolute Gasteiger partial charge is 0.265 e. The zero-order chi connectivity index (χ0) is 16.4. The van der Waals surface area contributed by atoms with E-state index in [1.165, 1.54) is 42.7 Å². The molecule has 1 N–H and O–H groups in total. The van der Waals surface area contributed by atoms with E-state index in [1.54, 1.807) is 0 Å². The van der Waals surface area contributed by atoms with Gasteiger partial charge in [0.15, 0.2) is 0 Å². The van der Waals surface area contributed by atoms with Crippen molar-refractivity contribution in [2.75, 3.05) is 41.3 Å². The minimum absolute atomic E-state index is 0.0102. The van der Waals surface area contributed by atoms with E-state index in [2.05, 4.69) is 33.3 Å². The summed E-state index contributed by atoms with van der Waals surface area (Å²) in [5.41, 5.74) is 3.32. The molecule has 2 saturated heterocycles. The van der Waals surface area contributed by atoms with Crippen LogP contribution in [0.25, 0.3) is 0 Å². The molecule has 1 aromatic carbocycles. The molecule has 2 aliphatic heterocycles. The first kappa shape index (κ1) is 15.5. The predicted octanol–water partition coefficient (Wildman–Crippen LogP) is 4.20. The molecule has 0 atom stereocenters. The molecule has 126 valence electrons. The molecular formula is C19H23N3OS. The van der Waals surface area contributed by atoms with Gasteiger partial charge in [-0.3, -0.25) is 4.79 Å². The maximum Gasteiger partial charge on any atom is 0.265 e. The number of nitrogens with zero attached hydrogens (tertiary/aromatic N) is 2. The van der Waals surface area contributed by atoms with Crippen LogP contribution in [0.1, 0.15) is 35.4 Å². The Kier molecular flexibility index (Phi) is 4.43. The Morgan fingerprint density at radius 3 is 2.33 bits per heavy atom. The molecule has 0 saturated carbocycles. The average molecular weight is 341 g/mol. The minimum Gasteiger partial charge on any atom is -0.371 e. The first-order valence-corrected chi connectivity index (χ1v) is 9.68. The summed E-state index contributed by atoms with van der Waals surface area (Å²) in [6, 6.07) is 10.3. The predicted molar refractivity (Wildman–Crippen MR) is 102 cm³/mol. The van der Waals surface area contributed by atoms with Gasteiger partial charge in [-0.1, -0.05) is 6.07 Å². The Labute approximate surface area is 147 Å². The normalized spacial score (nSPS) is 17.5. The van der Waals surface area contributed by atoms with Crippen LogP contribution in [-0.4, -0.2) is 32.1 Å². The number of hydrogen-bond donors (Lipinski definition) is 1. The Morgan fingerprint density at radius 2 is 1.67 bits per heavy atom. The van der Waals surface area contributed by atoms with Crippen molar-refractivity contribution in [1.82, 2.24) is 0 Å². The lowest BCUT2D eigenvalue weighted by molar-refractivity contribution is 0.103. The lowest BCUT2D eigenvalue weighted by Crippen LogP contribution is -2.22. The Bertz CT molecular complexity index is 701. The molecule has 0 unspecified atom stereocenters. The number of thiophene rings is 1. The molecule has 4 nitrogen and oxygen atoms in total. The molecule has 0 aliphatic carbocycles. The minimum atomic E-state index is -0.0102. The van der Waals surface area contributed by atoms with E-state index in [1.807, 2.05) is 17.5 Å². The summed E-state index contributed by atoms with van der Waals surface area (Å²) in [5, 5.41) is 5.10. The number of carbonyl (C=O) groups excluding carboxylic acids is 1. The SMILES string of the molecule is O=C(Nc1cc(N2CCCC2)ccc1N1CCCC1)c1cccs1. The van der Waals surface area contributed by atoms with E-state index in [4.69, 9.17) is 0 Å². The third-order valence-corrected chi connectivity index (χ3v) is 5.76. The van der Waals surface area contributed by atoms with Crippen LogP contribution in [0.3, 0.4) is 0 Å². The monoisotopic (exact) mass is 341 g/mol. The topological polar surface area (TPSA) is 35.6 Å². The van der Waals surface area contributed by atoms with Crippen molar-refractivity contribution in [2.45, 2.75) is 25.7 Å². The van der Waals surface area contributed by atoms with Gasteiger partial charge < -0.3 is 15.1 Å². The van der Waals surface area contributed by atoms with Gasteiger partial charge in [-0.15, -0.1) is 11.3 Å². The quantitative estimate of drug-likeness (QED) is 0.905. The van der Waals surface area contributed by atoms with Crippen LogP contribution in [0.2, 0.25) is 0 Å². The van der Waals surface area contributed by atoms with Gasteiger partial charge in [-0.25, -0.2) is 0 Å². The molecule has 0 bridgehead atoms. The first-order chi connectivity index (χ1) is 11.8. The summed E-state index contributed by atoms with van der Waals surface area (Å²) in [4.78, 5) is 18.1. The molecule has 2 aliphatic rings. The van der Waals surface area contributed by atoms with Crippen molar-refractivity contribution in [3.05, 3.63) is 40.6 Å². The largest absolute Gasteiger partial charge is 0.371 e. The van der Waals surface area contributed by atoms with Crippen LogP contribution in [0, 0.1) is 0 Å². The number of anilines is 3. The average Bonchev–Trinajstić information content (AvgIpc) is 3.37. The molecule has 1 amide bonds. The molecule has 0 radical (unpaired) electrons. The highest BCUT2D eigenvalue weighted by Crippen LogP contribution is 2.34. The van der Waals surface area contributed by atoms with Crippen molar-refractivity contribution in [2.24, 2.45) is 0 Å². The van der Waals surface area contributed by atoms with E-state index >= 15 is 0 Å². The van der Waals surface area contributed by atoms with Crippen LogP contribution in [0.4, 0.5) is 17.1 Å². The van der Waals surface area contributed by atoms with Gasteiger partial charge in [0.1, 0.15) is 0 Å². The van der Waals surface area contributed by atoms with Crippen LogP contribution in [-0.2, 0) is 0 Å². The van der Waals surface area contributed by atoms with Gasteiger partial charge in [0.05, 0.1) is 16.3 Å². The summed E-state index contributed by atoms with van der Waals surface area (Å²) >= 11 is 1.48. The molecule has 5 heteroatoms. The second-order valence-corrected chi connectivity index (χ2v) is 7.47. The Hall–Kier alpha value is -2.01. The molecule has 4 rings (SSSR count). The van der Waals surface area contributed by atoms with E-state index in [0.29, 0.717) is 0 Å². The summed E-state index contributed by atoms with van der Waals surface area (Å²) < 4.78 is 0. The van der Waals surface area contributed by atoms with Crippen molar-refractivity contribution in [3.63, 3.8) is 0 Å². The zero-order valence-electron chi connectivity index (χ0n) is 13.8. The van der Waals surface area contributed by atoms with Gasteiger partial charge in [-0.05, 0) is 55.3 Å². The number of rotatable bonds is 4. The molecule has 1 aromatic heterocycles. The molecule has 3 heterocycles. The molecule has 2 aromatic rings. The number of carbonyl (C=O) groups is 1. The van der Waals surface area contributed by atoms with Crippen LogP contribution in [0.5, 0.6) is 0 Å². The first-order valence-electron chi connectivity index (χ1n) is 8.80. The Balaban J connectivity index is 1.64. The van der Waals surface area contributed by atoms with E-state index in [9.17, 15) is 4.79 Å².